The highest BCUT2D eigenvalue weighted by Crippen LogP contribution is 2.11. The van der Waals surface area contributed by atoms with Crippen LogP contribution in [0.4, 0.5) is 10.1 Å². The van der Waals surface area contributed by atoms with Gasteiger partial charge in [-0.1, -0.05) is 6.07 Å². The van der Waals surface area contributed by atoms with Gasteiger partial charge in [0.05, 0.1) is 6.04 Å². The number of hydrogen-bond acceptors (Lipinski definition) is 3. The Kier molecular flexibility index (Phi) is 8.73. The van der Waals surface area contributed by atoms with E-state index in [-0.39, 0.29) is 42.6 Å². The maximum Gasteiger partial charge on any atom is 0.241 e. The number of carbonyl (C=O) groups excluding carboxylic acids is 1. The number of rotatable bonds is 3. The maximum atomic E-state index is 13.0. The van der Waals surface area contributed by atoms with E-state index in [9.17, 15) is 9.18 Å². The van der Waals surface area contributed by atoms with Gasteiger partial charge in [0.1, 0.15) is 5.82 Å². The molecule has 2 N–H and O–H groups in total. The van der Waals surface area contributed by atoms with Gasteiger partial charge < -0.3 is 10.6 Å². The summed E-state index contributed by atoms with van der Waals surface area (Å²) in [5.41, 5.74) is 0.502. The summed E-state index contributed by atoms with van der Waals surface area (Å²) >= 11 is 0. The zero-order valence-electron chi connectivity index (χ0n) is 11.3. The summed E-state index contributed by atoms with van der Waals surface area (Å²) in [6.45, 7) is 5.39. The topological polar surface area (TPSA) is 44.4 Å². The van der Waals surface area contributed by atoms with Crippen LogP contribution < -0.4 is 10.6 Å². The zero-order chi connectivity index (χ0) is 13.0. The molecule has 0 aromatic heterocycles. The third kappa shape index (κ3) is 5.25. The molecule has 0 spiro atoms. The summed E-state index contributed by atoms with van der Waals surface area (Å²) in [5.74, 6) is -0.440. The van der Waals surface area contributed by atoms with Gasteiger partial charge in [0.25, 0.3) is 0 Å². The first-order valence-electron chi connectivity index (χ1n) is 6.18. The molecule has 1 aliphatic heterocycles. The minimum atomic E-state index is -0.345. The van der Waals surface area contributed by atoms with E-state index in [1.165, 1.54) is 12.1 Å². The fraction of sp³-hybridized carbons (Fsp3) is 0.462. The molecule has 1 saturated heterocycles. The van der Waals surface area contributed by atoms with Crippen molar-refractivity contribution < 1.29 is 9.18 Å². The highest BCUT2D eigenvalue weighted by atomic mass is 35.5. The Hall–Kier alpha value is -0.880. The number of amides is 1. The van der Waals surface area contributed by atoms with Crippen LogP contribution in [-0.4, -0.2) is 43.0 Å². The molecule has 0 aliphatic carbocycles. The lowest BCUT2D eigenvalue weighted by atomic mass is 10.2. The van der Waals surface area contributed by atoms with E-state index in [1.807, 2.05) is 6.92 Å². The van der Waals surface area contributed by atoms with E-state index in [1.54, 1.807) is 12.1 Å². The summed E-state index contributed by atoms with van der Waals surface area (Å²) in [6.07, 6.45) is 0. The van der Waals surface area contributed by atoms with Gasteiger partial charge >= 0.3 is 0 Å². The average molecular weight is 324 g/mol. The Labute approximate surface area is 130 Å². The van der Waals surface area contributed by atoms with Gasteiger partial charge in [0.15, 0.2) is 0 Å². The van der Waals surface area contributed by atoms with Crippen molar-refractivity contribution in [3.63, 3.8) is 0 Å². The van der Waals surface area contributed by atoms with Crippen molar-refractivity contribution in [1.82, 2.24) is 10.2 Å². The van der Waals surface area contributed by atoms with Crippen LogP contribution >= 0.6 is 24.8 Å². The van der Waals surface area contributed by atoms with Crippen molar-refractivity contribution >= 4 is 36.4 Å². The fourth-order valence-electron chi connectivity index (χ4n) is 2.05. The molecule has 1 unspecified atom stereocenters. The Morgan fingerprint density at radius 2 is 2.00 bits per heavy atom. The monoisotopic (exact) mass is 323 g/mol. The number of nitrogens with one attached hydrogen (secondary N) is 2. The lowest BCUT2D eigenvalue weighted by Gasteiger charge is -2.31. The number of piperazine rings is 1. The Morgan fingerprint density at radius 3 is 2.60 bits per heavy atom. The van der Waals surface area contributed by atoms with Crippen LogP contribution in [0.15, 0.2) is 24.3 Å². The molecule has 0 saturated carbocycles. The number of carbonyl (C=O) groups is 1. The van der Waals surface area contributed by atoms with Crippen LogP contribution in [0, 0.1) is 5.82 Å². The minimum Gasteiger partial charge on any atom is -0.325 e. The Morgan fingerprint density at radius 1 is 1.35 bits per heavy atom. The van der Waals surface area contributed by atoms with Crippen LogP contribution in [0.25, 0.3) is 0 Å². The number of halogens is 3. The van der Waals surface area contributed by atoms with Crippen LogP contribution in [0.3, 0.4) is 0 Å². The van der Waals surface area contributed by atoms with Crippen molar-refractivity contribution in [2.24, 2.45) is 0 Å². The molecule has 0 radical (unpaired) electrons. The molecule has 1 amide bonds. The van der Waals surface area contributed by atoms with Crippen LogP contribution in [0.1, 0.15) is 6.92 Å². The summed E-state index contributed by atoms with van der Waals surface area (Å²) < 4.78 is 13.0. The molecule has 1 aromatic rings. The highest BCUT2D eigenvalue weighted by Gasteiger charge is 2.22. The molecule has 4 nitrogen and oxygen atoms in total. The molecule has 114 valence electrons. The third-order valence-corrected chi connectivity index (χ3v) is 3.17. The quantitative estimate of drug-likeness (QED) is 0.893. The second-order valence-electron chi connectivity index (χ2n) is 4.46. The molecule has 1 heterocycles. The summed E-state index contributed by atoms with van der Waals surface area (Å²) in [7, 11) is 0. The van der Waals surface area contributed by atoms with E-state index in [0.717, 1.165) is 26.2 Å². The van der Waals surface area contributed by atoms with Gasteiger partial charge in [0.2, 0.25) is 5.91 Å². The van der Waals surface area contributed by atoms with Gasteiger partial charge in [-0.2, -0.15) is 0 Å². The van der Waals surface area contributed by atoms with Crippen LogP contribution in [-0.2, 0) is 4.79 Å². The molecule has 1 atom stereocenters. The Bertz CT molecular complexity index is 428. The fourth-order valence-corrected chi connectivity index (χ4v) is 2.05. The first kappa shape index (κ1) is 19.1. The largest absolute Gasteiger partial charge is 0.325 e. The molecule has 1 aromatic carbocycles. The average Bonchev–Trinajstić information content (AvgIpc) is 2.39. The van der Waals surface area contributed by atoms with E-state index in [4.69, 9.17) is 0 Å². The lowest BCUT2D eigenvalue weighted by Crippen LogP contribution is -2.51. The van der Waals surface area contributed by atoms with E-state index >= 15 is 0 Å². The Balaban J connectivity index is 0.00000180. The van der Waals surface area contributed by atoms with E-state index in [0.29, 0.717) is 5.69 Å². The van der Waals surface area contributed by atoms with Crippen molar-refractivity contribution in [2.75, 3.05) is 31.5 Å². The van der Waals surface area contributed by atoms with E-state index in [2.05, 4.69) is 15.5 Å². The highest BCUT2D eigenvalue weighted by molar-refractivity contribution is 5.94. The number of benzene rings is 1. The van der Waals surface area contributed by atoms with Crippen LogP contribution in [0.5, 0.6) is 0 Å². The normalized spacial score (nSPS) is 16.5. The number of nitrogens with zero attached hydrogens (tertiary/aromatic N) is 1. The first-order valence-corrected chi connectivity index (χ1v) is 6.18. The first-order chi connectivity index (χ1) is 8.66. The van der Waals surface area contributed by atoms with Gasteiger partial charge in [-0.3, -0.25) is 9.69 Å². The number of hydrogen-bond donors (Lipinski definition) is 2. The molecule has 1 aliphatic rings. The predicted molar refractivity (Wildman–Crippen MR) is 83.4 cm³/mol. The molecule has 0 bridgehead atoms. The molecule has 7 heteroatoms. The SMILES string of the molecule is CC(C(=O)Nc1cccc(F)c1)N1CCNCC1.Cl.Cl. The third-order valence-electron chi connectivity index (χ3n) is 3.17. The van der Waals surface area contributed by atoms with Crippen LogP contribution in [0.2, 0.25) is 0 Å². The van der Waals surface area contributed by atoms with Gasteiger partial charge in [-0.15, -0.1) is 24.8 Å². The smallest absolute Gasteiger partial charge is 0.241 e. The van der Waals surface area contributed by atoms with Crippen molar-refractivity contribution in [1.29, 1.82) is 0 Å². The molecular weight excluding hydrogens is 304 g/mol. The summed E-state index contributed by atoms with van der Waals surface area (Å²) in [5, 5.41) is 5.98. The minimum absolute atomic E-state index is 0. The van der Waals surface area contributed by atoms with Gasteiger partial charge in [0, 0.05) is 31.9 Å². The second-order valence-corrected chi connectivity index (χ2v) is 4.46. The molecular formula is C13H20Cl2FN3O. The van der Waals surface area contributed by atoms with Crippen molar-refractivity contribution in [2.45, 2.75) is 13.0 Å². The standard InChI is InChI=1S/C13H18FN3O.2ClH/c1-10(17-7-5-15-6-8-17)13(18)16-12-4-2-3-11(14)9-12;;/h2-4,9-10,15H,5-8H2,1H3,(H,16,18);2*1H. The maximum absolute atomic E-state index is 13.0. The molecule has 20 heavy (non-hydrogen) atoms. The summed E-state index contributed by atoms with van der Waals surface area (Å²) in [4.78, 5) is 14.1. The second kappa shape index (κ2) is 9.13. The summed E-state index contributed by atoms with van der Waals surface area (Å²) in [6, 6.07) is 5.75. The molecule has 1 fully saturated rings. The lowest BCUT2D eigenvalue weighted by molar-refractivity contribution is -0.120. The van der Waals surface area contributed by atoms with E-state index < -0.39 is 0 Å². The number of anilines is 1. The molecule has 2 rings (SSSR count). The van der Waals surface area contributed by atoms with Crippen molar-refractivity contribution in [3.8, 4) is 0 Å². The van der Waals surface area contributed by atoms with Gasteiger partial charge in [-0.05, 0) is 25.1 Å². The predicted octanol–water partition coefficient (Wildman–Crippen LogP) is 1.90. The van der Waals surface area contributed by atoms with Gasteiger partial charge in [-0.25, -0.2) is 4.39 Å². The zero-order valence-corrected chi connectivity index (χ0v) is 12.9. The van der Waals surface area contributed by atoms with Crippen molar-refractivity contribution in [3.05, 3.63) is 30.1 Å².